The highest BCUT2D eigenvalue weighted by Crippen LogP contribution is 2.13. The van der Waals surface area contributed by atoms with Gasteiger partial charge in [0.05, 0.1) is 46.1 Å². The van der Waals surface area contributed by atoms with Crippen LogP contribution in [0.1, 0.15) is 6.42 Å². The molecule has 10 heteroatoms. The fraction of sp³-hybridized carbons (Fsp3) is 0.818. The molecule has 0 heterocycles. The lowest BCUT2D eigenvalue weighted by atomic mass is 10.5. The number of aliphatic carboxylic acids is 1. The van der Waals surface area contributed by atoms with Gasteiger partial charge in [-0.25, -0.2) is 0 Å². The Kier molecular flexibility index (Phi) is 10.5. The number of ether oxygens (including phenoxy) is 3. The van der Waals surface area contributed by atoms with Gasteiger partial charge in [-0.3, -0.25) is 9.59 Å². The van der Waals surface area contributed by atoms with Crippen molar-refractivity contribution in [3.8, 4) is 0 Å². The molecule has 2 N–H and O–H groups in total. The number of hydrogen-bond acceptors (Lipinski definition) is 5. The number of carboxylic acid groups (broad SMARTS) is 1. The number of carbonyl (C=O) groups is 2. The zero-order valence-corrected chi connectivity index (χ0v) is 11.3. The van der Waals surface area contributed by atoms with Crippen molar-refractivity contribution in [2.45, 2.75) is 12.6 Å². The molecule has 0 bridgehead atoms. The first-order chi connectivity index (χ1) is 9.84. The van der Waals surface area contributed by atoms with Crippen LogP contribution in [0.25, 0.3) is 0 Å². The van der Waals surface area contributed by atoms with Crippen LogP contribution < -0.4 is 5.32 Å². The zero-order valence-electron chi connectivity index (χ0n) is 11.3. The van der Waals surface area contributed by atoms with E-state index >= 15 is 0 Å². The van der Waals surface area contributed by atoms with Crippen LogP contribution >= 0.6 is 0 Å². The maximum atomic E-state index is 11.8. The van der Waals surface area contributed by atoms with Crippen LogP contribution in [0, 0.1) is 0 Å². The van der Waals surface area contributed by atoms with E-state index in [1.807, 2.05) is 0 Å². The summed E-state index contributed by atoms with van der Waals surface area (Å²) in [5, 5.41) is 9.98. The fourth-order valence-electron chi connectivity index (χ4n) is 1.04. The third kappa shape index (κ3) is 13.4. The van der Waals surface area contributed by atoms with Crippen molar-refractivity contribution < 1.29 is 42.1 Å². The smallest absolute Gasteiger partial charge is 0.471 e. The maximum absolute atomic E-state index is 11.8. The Morgan fingerprint density at radius 2 is 1.38 bits per heavy atom. The molecular formula is C11H18F3NO6. The van der Waals surface area contributed by atoms with Gasteiger partial charge >= 0.3 is 18.1 Å². The Hall–Kier alpha value is -1.39. The molecule has 1 amide bonds. The van der Waals surface area contributed by atoms with E-state index in [-0.39, 0.29) is 52.6 Å². The largest absolute Gasteiger partial charge is 0.481 e. The Morgan fingerprint density at radius 1 is 0.905 bits per heavy atom. The van der Waals surface area contributed by atoms with Gasteiger partial charge in [-0.2, -0.15) is 13.2 Å². The highest BCUT2D eigenvalue weighted by atomic mass is 19.4. The van der Waals surface area contributed by atoms with Gasteiger partial charge in [0.2, 0.25) is 0 Å². The van der Waals surface area contributed by atoms with Gasteiger partial charge in [0.1, 0.15) is 0 Å². The second kappa shape index (κ2) is 11.3. The van der Waals surface area contributed by atoms with Crippen LogP contribution in [0.15, 0.2) is 0 Å². The van der Waals surface area contributed by atoms with Crippen LogP contribution in [0.3, 0.4) is 0 Å². The molecule has 0 aromatic carbocycles. The van der Waals surface area contributed by atoms with E-state index in [9.17, 15) is 22.8 Å². The number of amides is 1. The van der Waals surface area contributed by atoms with E-state index in [0.29, 0.717) is 0 Å². The van der Waals surface area contributed by atoms with Crippen molar-refractivity contribution >= 4 is 11.9 Å². The Bertz CT molecular complexity index is 311. The van der Waals surface area contributed by atoms with Crippen molar-refractivity contribution in [1.29, 1.82) is 0 Å². The molecule has 0 fully saturated rings. The van der Waals surface area contributed by atoms with Crippen molar-refractivity contribution in [3.63, 3.8) is 0 Å². The number of carboxylic acids is 1. The first kappa shape index (κ1) is 19.6. The number of carbonyl (C=O) groups excluding carboxylic acids is 1. The molecular weight excluding hydrogens is 299 g/mol. The van der Waals surface area contributed by atoms with E-state index in [2.05, 4.69) is 0 Å². The summed E-state index contributed by atoms with van der Waals surface area (Å²) in [5.41, 5.74) is 0. The van der Waals surface area contributed by atoms with Gasteiger partial charge in [0.15, 0.2) is 0 Å². The van der Waals surface area contributed by atoms with Crippen molar-refractivity contribution in [2.24, 2.45) is 0 Å². The van der Waals surface area contributed by atoms with Crippen LogP contribution in [-0.4, -0.2) is 69.3 Å². The standard InChI is InChI=1S/C11H18F3NO6/c12-11(13,14)10(18)15-2-4-20-6-8-21-7-5-19-3-1-9(16)17/h1-8H2,(H,15,18)(H,16,17). The van der Waals surface area contributed by atoms with Gasteiger partial charge in [-0.1, -0.05) is 0 Å². The van der Waals surface area contributed by atoms with Gasteiger partial charge in [-0.15, -0.1) is 0 Å². The number of rotatable bonds is 12. The zero-order chi connectivity index (χ0) is 16.1. The number of halogens is 3. The summed E-state index contributed by atoms with van der Waals surface area (Å²) in [6.45, 7) is 0.695. The first-order valence-electron chi connectivity index (χ1n) is 6.14. The second-order valence-corrected chi connectivity index (χ2v) is 3.73. The molecule has 21 heavy (non-hydrogen) atoms. The van der Waals surface area contributed by atoms with Gasteiger partial charge in [0.25, 0.3) is 0 Å². The third-order valence-electron chi connectivity index (χ3n) is 1.99. The average Bonchev–Trinajstić information content (AvgIpc) is 2.38. The fourth-order valence-corrected chi connectivity index (χ4v) is 1.04. The summed E-state index contributed by atoms with van der Waals surface area (Å²) in [6, 6.07) is 0. The molecule has 0 atom stereocenters. The van der Waals surface area contributed by atoms with Crippen molar-refractivity contribution in [3.05, 3.63) is 0 Å². The summed E-state index contributed by atoms with van der Waals surface area (Å²) in [6.07, 6.45) is -4.96. The second-order valence-electron chi connectivity index (χ2n) is 3.73. The van der Waals surface area contributed by atoms with E-state index in [0.717, 1.165) is 0 Å². The molecule has 0 spiro atoms. The lowest BCUT2D eigenvalue weighted by Crippen LogP contribution is -2.38. The van der Waals surface area contributed by atoms with Crippen LogP contribution in [0.2, 0.25) is 0 Å². The maximum Gasteiger partial charge on any atom is 0.471 e. The Morgan fingerprint density at radius 3 is 1.86 bits per heavy atom. The molecule has 0 radical (unpaired) electrons. The van der Waals surface area contributed by atoms with E-state index < -0.39 is 18.1 Å². The number of hydrogen-bond donors (Lipinski definition) is 2. The molecule has 0 aliphatic carbocycles. The summed E-state index contributed by atoms with van der Waals surface area (Å²) >= 11 is 0. The highest BCUT2D eigenvalue weighted by molar-refractivity contribution is 5.81. The molecule has 0 aromatic rings. The molecule has 0 saturated carbocycles. The van der Waals surface area contributed by atoms with Crippen LogP contribution in [0.5, 0.6) is 0 Å². The third-order valence-corrected chi connectivity index (χ3v) is 1.99. The lowest BCUT2D eigenvalue weighted by molar-refractivity contribution is -0.173. The SMILES string of the molecule is O=C(O)CCOCCOCCOCCNC(=O)C(F)(F)F. The molecule has 7 nitrogen and oxygen atoms in total. The summed E-state index contributed by atoms with van der Waals surface area (Å²) in [4.78, 5) is 20.5. The van der Waals surface area contributed by atoms with Gasteiger partial charge in [-0.05, 0) is 0 Å². The van der Waals surface area contributed by atoms with Gasteiger partial charge < -0.3 is 24.6 Å². The highest BCUT2D eigenvalue weighted by Gasteiger charge is 2.38. The molecule has 0 aromatic heterocycles. The predicted molar refractivity (Wildman–Crippen MR) is 63.8 cm³/mol. The summed E-state index contributed by atoms with van der Waals surface area (Å²) < 4.78 is 50.3. The Balaban J connectivity index is 3.20. The minimum atomic E-state index is -4.89. The molecule has 0 aliphatic rings. The molecule has 0 aliphatic heterocycles. The quantitative estimate of drug-likeness (QED) is 0.499. The average molecular weight is 317 g/mol. The molecule has 0 unspecified atom stereocenters. The monoisotopic (exact) mass is 317 g/mol. The molecule has 0 saturated heterocycles. The van der Waals surface area contributed by atoms with Gasteiger partial charge in [0, 0.05) is 6.54 Å². The van der Waals surface area contributed by atoms with E-state index in [4.69, 9.17) is 19.3 Å². The van der Waals surface area contributed by atoms with Crippen molar-refractivity contribution in [1.82, 2.24) is 5.32 Å². The number of nitrogens with one attached hydrogen (secondary N) is 1. The topological polar surface area (TPSA) is 94.1 Å². The minimum absolute atomic E-state index is 0.0553. The van der Waals surface area contributed by atoms with Crippen LogP contribution in [-0.2, 0) is 23.8 Å². The van der Waals surface area contributed by atoms with Crippen molar-refractivity contribution in [2.75, 3.05) is 46.2 Å². The number of alkyl halides is 3. The predicted octanol–water partition coefficient (Wildman–Crippen LogP) is 0.189. The molecule has 0 rings (SSSR count). The van der Waals surface area contributed by atoms with Crippen LogP contribution in [0.4, 0.5) is 13.2 Å². The minimum Gasteiger partial charge on any atom is -0.481 e. The summed E-state index contributed by atoms with van der Waals surface area (Å²) in [7, 11) is 0. The van der Waals surface area contributed by atoms with E-state index in [1.165, 1.54) is 0 Å². The van der Waals surface area contributed by atoms with E-state index in [1.54, 1.807) is 5.32 Å². The lowest BCUT2D eigenvalue weighted by Gasteiger charge is -2.08. The summed E-state index contributed by atoms with van der Waals surface area (Å²) in [5.74, 6) is -2.94. The molecule has 124 valence electrons. The normalized spacial score (nSPS) is 11.4. The Labute approximate surface area is 119 Å². The first-order valence-corrected chi connectivity index (χ1v) is 6.14.